The molecule has 12 heteroatoms. The zero-order valence-electron chi connectivity index (χ0n) is 25.6. The minimum absolute atomic E-state index is 0.0612. The van der Waals surface area contributed by atoms with Gasteiger partial charge in [-0.3, -0.25) is 9.59 Å². The quantitative estimate of drug-likeness (QED) is 0.266. The fourth-order valence-corrected chi connectivity index (χ4v) is 7.30. The van der Waals surface area contributed by atoms with E-state index in [0.29, 0.717) is 10.0 Å². The lowest BCUT2D eigenvalue weighted by Gasteiger charge is -2.29. The molecule has 1 heterocycles. The number of carbonyl (C=O) groups excluding carboxylic acids is 2. The van der Waals surface area contributed by atoms with Crippen LogP contribution in [0.4, 0.5) is 0 Å². The summed E-state index contributed by atoms with van der Waals surface area (Å²) in [6, 6.07) is 17.1. The van der Waals surface area contributed by atoms with E-state index in [4.69, 9.17) is 33.0 Å². The second kappa shape index (κ2) is 14.1. The van der Waals surface area contributed by atoms with E-state index in [1.165, 1.54) is 24.1 Å². The van der Waals surface area contributed by atoms with Gasteiger partial charge in [-0.15, -0.1) is 0 Å². The lowest BCUT2D eigenvalue weighted by atomic mass is 9.77. The third-order valence-corrected chi connectivity index (χ3v) is 10.3. The van der Waals surface area contributed by atoms with Crippen molar-refractivity contribution in [2.75, 3.05) is 6.61 Å². The van der Waals surface area contributed by atoms with Crippen LogP contribution < -0.4 is 4.72 Å². The summed E-state index contributed by atoms with van der Waals surface area (Å²) in [5, 5.41) is 17.6. The zero-order chi connectivity index (χ0) is 33.2. The molecule has 3 aromatic rings. The van der Waals surface area contributed by atoms with Crippen LogP contribution in [0.2, 0.25) is 10.0 Å². The van der Waals surface area contributed by atoms with Crippen molar-refractivity contribution >= 4 is 56.9 Å². The predicted molar refractivity (Wildman–Crippen MR) is 178 cm³/mol. The molecule has 9 nitrogen and oxygen atoms in total. The number of hydrazone groups is 1. The number of halogens is 2. The van der Waals surface area contributed by atoms with Crippen molar-refractivity contribution in [2.45, 2.75) is 63.1 Å². The van der Waals surface area contributed by atoms with Crippen LogP contribution in [0.25, 0.3) is 6.08 Å². The number of nitrogens with zero attached hydrogens (tertiary/aromatic N) is 2. The Labute approximate surface area is 278 Å². The smallest absolute Gasteiger partial charge is 0.327 e. The van der Waals surface area contributed by atoms with Crippen molar-refractivity contribution in [1.29, 1.82) is 0 Å². The molecule has 46 heavy (non-hydrogen) atoms. The first-order valence-corrected chi connectivity index (χ1v) is 17.1. The number of aryl methyl sites for hydroxylation is 2. The standard InChI is InChI=1S/C34H35Cl2N3O6S/c1-20-7-16-28(17-21(20)2)46(43,44)38-31(22(3)40)34(42)45-19-30(41)39-33(24-10-14-27(36)15-11-24)29-6-4-5-25(32(29)37-39)18-23-8-12-26(35)13-9-23/h7-18,22,29,31,33,38,40H,4-6,19H2,1-3H3/b25-18+/t22-,29+,31-,33+/m1/s1. The number of allylic oxidation sites excluding steroid dienone is 1. The molecule has 5 rings (SSSR count). The Balaban J connectivity index is 1.37. The highest BCUT2D eigenvalue weighted by molar-refractivity contribution is 7.89. The number of fused-ring (bicyclic) bond motifs is 1. The van der Waals surface area contributed by atoms with Gasteiger partial charge in [0.05, 0.1) is 22.8 Å². The third kappa shape index (κ3) is 7.53. The SMILES string of the molecule is Cc1ccc(S(=O)(=O)N[C@@H](C(=O)OCC(=O)N2N=C3/C(=C/c4ccc(Cl)cc4)CCC[C@@H]3[C@@H]2c2ccc(Cl)cc2)[C@@H](C)O)cc1C. The van der Waals surface area contributed by atoms with E-state index in [-0.39, 0.29) is 10.8 Å². The first kappa shape index (κ1) is 33.8. The number of benzene rings is 3. The molecular formula is C34H35Cl2N3O6S. The van der Waals surface area contributed by atoms with Crippen molar-refractivity contribution in [3.63, 3.8) is 0 Å². The minimum Gasteiger partial charge on any atom is -0.454 e. The van der Waals surface area contributed by atoms with E-state index in [9.17, 15) is 23.1 Å². The lowest BCUT2D eigenvalue weighted by Crippen LogP contribution is -2.49. The predicted octanol–water partition coefficient (Wildman–Crippen LogP) is 6.00. The maximum absolute atomic E-state index is 13.7. The van der Waals surface area contributed by atoms with Crippen molar-refractivity contribution in [2.24, 2.45) is 11.0 Å². The molecule has 242 valence electrons. The number of aliphatic hydroxyl groups is 1. The van der Waals surface area contributed by atoms with Gasteiger partial charge in [-0.05, 0) is 110 Å². The summed E-state index contributed by atoms with van der Waals surface area (Å²) in [6.07, 6.45) is 3.06. The topological polar surface area (TPSA) is 125 Å². The fourth-order valence-electron chi connectivity index (χ4n) is 5.71. The summed E-state index contributed by atoms with van der Waals surface area (Å²) in [6.45, 7) is 4.17. The largest absolute Gasteiger partial charge is 0.454 e. The Morgan fingerprint density at radius 3 is 2.33 bits per heavy atom. The van der Waals surface area contributed by atoms with Gasteiger partial charge in [0.2, 0.25) is 10.0 Å². The number of hydrogen-bond acceptors (Lipinski definition) is 7. The molecule has 4 atom stereocenters. The van der Waals surface area contributed by atoms with Gasteiger partial charge in [0.25, 0.3) is 5.91 Å². The maximum atomic E-state index is 13.7. The third-order valence-electron chi connectivity index (χ3n) is 8.32. The number of sulfonamides is 1. The maximum Gasteiger partial charge on any atom is 0.327 e. The number of nitrogens with one attached hydrogen (secondary N) is 1. The molecule has 1 saturated carbocycles. The normalized spacial score (nSPS) is 20.2. The van der Waals surface area contributed by atoms with Crippen LogP contribution in [0.15, 0.2) is 82.3 Å². The van der Waals surface area contributed by atoms with E-state index < -0.39 is 46.7 Å². The number of aliphatic hydroxyl groups excluding tert-OH is 1. The number of esters is 1. The Kier molecular flexibility index (Phi) is 10.3. The fraction of sp³-hybridized carbons (Fsp3) is 0.324. The highest BCUT2D eigenvalue weighted by Crippen LogP contribution is 2.44. The Bertz CT molecular complexity index is 1790. The molecule has 1 aliphatic carbocycles. The average Bonchev–Trinajstić information content (AvgIpc) is 3.42. The van der Waals surface area contributed by atoms with Crippen molar-refractivity contribution in [3.05, 3.63) is 105 Å². The molecular weight excluding hydrogens is 649 g/mol. The highest BCUT2D eigenvalue weighted by atomic mass is 35.5. The van der Waals surface area contributed by atoms with Crippen LogP contribution in [0, 0.1) is 19.8 Å². The Morgan fingerprint density at radius 2 is 1.70 bits per heavy atom. The molecule has 0 aromatic heterocycles. The first-order chi connectivity index (χ1) is 21.8. The number of ether oxygens (including phenoxy) is 1. The average molecular weight is 685 g/mol. The summed E-state index contributed by atoms with van der Waals surface area (Å²) >= 11 is 12.2. The monoisotopic (exact) mass is 683 g/mol. The molecule has 3 aromatic carbocycles. The van der Waals surface area contributed by atoms with Gasteiger partial charge in [-0.25, -0.2) is 13.4 Å². The summed E-state index contributed by atoms with van der Waals surface area (Å²) in [5.74, 6) is -1.79. The van der Waals surface area contributed by atoms with Gasteiger partial charge in [0.15, 0.2) is 6.61 Å². The second-order valence-electron chi connectivity index (χ2n) is 11.6. The molecule has 2 N–H and O–H groups in total. The molecule has 0 radical (unpaired) electrons. The van der Waals surface area contributed by atoms with Gasteiger partial charge < -0.3 is 9.84 Å². The van der Waals surface area contributed by atoms with Gasteiger partial charge in [-0.2, -0.15) is 9.82 Å². The van der Waals surface area contributed by atoms with Gasteiger partial charge in [0.1, 0.15) is 6.04 Å². The number of hydrogen-bond donors (Lipinski definition) is 2. The molecule has 0 bridgehead atoms. The van der Waals surface area contributed by atoms with E-state index in [0.717, 1.165) is 52.8 Å². The van der Waals surface area contributed by atoms with Crippen LogP contribution in [-0.2, 0) is 24.3 Å². The lowest BCUT2D eigenvalue weighted by molar-refractivity contribution is -0.156. The summed E-state index contributed by atoms with van der Waals surface area (Å²) < 4.78 is 33.7. The van der Waals surface area contributed by atoms with Crippen LogP contribution in [0.1, 0.15) is 54.5 Å². The van der Waals surface area contributed by atoms with Crippen LogP contribution in [-0.4, -0.2) is 54.9 Å². The van der Waals surface area contributed by atoms with Crippen LogP contribution >= 0.6 is 23.2 Å². The van der Waals surface area contributed by atoms with Crippen molar-refractivity contribution in [3.8, 4) is 0 Å². The summed E-state index contributed by atoms with van der Waals surface area (Å²) in [7, 11) is -4.19. The first-order valence-electron chi connectivity index (χ1n) is 14.9. The van der Waals surface area contributed by atoms with Crippen LogP contribution in [0.5, 0.6) is 0 Å². The van der Waals surface area contributed by atoms with Gasteiger partial charge >= 0.3 is 5.97 Å². The van der Waals surface area contributed by atoms with Gasteiger partial charge in [-0.1, -0.05) is 53.5 Å². The number of rotatable bonds is 9. The van der Waals surface area contributed by atoms with E-state index in [2.05, 4.69) is 4.72 Å². The molecule has 0 unspecified atom stereocenters. The molecule has 0 saturated heterocycles. The van der Waals surface area contributed by atoms with Gasteiger partial charge in [0, 0.05) is 16.0 Å². The van der Waals surface area contributed by atoms with Crippen molar-refractivity contribution < 1.29 is 27.9 Å². The molecule has 0 spiro atoms. The minimum atomic E-state index is -4.19. The number of carbonyl (C=O) groups is 2. The van der Waals surface area contributed by atoms with E-state index in [1.807, 2.05) is 49.4 Å². The Morgan fingerprint density at radius 1 is 1.04 bits per heavy atom. The molecule has 2 aliphatic rings. The zero-order valence-corrected chi connectivity index (χ0v) is 27.9. The van der Waals surface area contributed by atoms with E-state index >= 15 is 0 Å². The van der Waals surface area contributed by atoms with Crippen molar-refractivity contribution in [1.82, 2.24) is 9.73 Å². The van der Waals surface area contributed by atoms with Crippen LogP contribution in [0.3, 0.4) is 0 Å². The van der Waals surface area contributed by atoms with E-state index in [1.54, 1.807) is 25.1 Å². The summed E-state index contributed by atoms with van der Waals surface area (Å²) in [5.41, 5.74) is 5.21. The second-order valence-corrected chi connectivity index (χ2v) is 14.2. The summed E-state index contributed by atoms with van der Waals surface area (Å²) in [4.78, 5) is 26.7. The molecule has 1 amide bonds. The highest BCUT2D eigenvalue weighted by Gasteiger charge is 2.44. The Hall–Kier alpha value is -3.54. The molecule has 1 fully saturated rings. The number of amides is 1. The molecule has 1 aliphatic heterocycles.